The zero-order chi connectivity index (χ0) is 25.1. The molecule has 0 aromatic heterocycles. The molecule has 5 nitrogen and oxygen atoms in total. The van der Waals surface area contributed by atoms with Crippen LogP contribution in [0.25, 0.3) is 0 Å². The Balaban J connectivity index is 1.65. The van der Waals surface area contributed by atoms with Gasteiger partial charge in [-0.05, 0) is 27.5 Å². The van der Waals surface area contributed by atoms with E-state index in [0.717, 1.165) is 15.3 Å². The summed E-state index contributed by atoms with van der Waals surface area (Å²) in [4.78, 5) is 0.909. The highest BCUT2D eigenvalue weighted by Crippen LogP contribution is 2.38. The van der Waals surface area contributed by atoms with Crippen LogP contribution in [0.3, 0.4) is 0 Å². The van der Waals surface area contributed by atoms with Gasteiger partial charge in [-0.3, -0.25) is 0 Å². The lowest BCUT2D eigenvalue weighted by molar-refractivity contribution is -0.204. The van der Waals surface area contributed by atoms with Crippen LogP contribution in [0.5, 0.6) is 0 Å². The van der Waals surface area contributed by atoms with Gasteiger partial charge in [-0.1, -0.05) is 111 Å². The minimum atomic E-state index is -2.84. The Morgan fingerprint density at radius 3 is 1.71 bits per heavy atom. The average Bonchev–Trinajstić information content (AvgIpc) is 2.86. The van der Waals surface area contributed by atoms with Crippen molar-refractivity contribution in [2.75, 3.05) is 6.61 Å². The van der Waals surface area contributed by atoms with Crippen LogP contribution in [0.15, 0.2) is 95.9 Å². The van der Waals surface area contributed by atoms with E-state index in [1.807, 2.05) is 66.7 Å². The number of hydrogen-bond donors (Lipinski definition) is 3. The van der Waals surface area contributed by atoms with Crippen LogP contribution in [-0.4, -0.2) is 60.1 Å². The first-order valence-electron chi connectivity index (χ1n) is 11.9. The second-order valence-corrected chi connectivity index (χ2v) is 15.4. The van der Waals surface area contributed by atoms with Gasteiger partial charge in [-0.15, -0.1) is 0 Å². The van der Waals surface area contributed by atoms with Crippen LogP contribution >= 0.6 is 11.8 Å². The van der Waals surface area contributed by atoms with Crippen molar-refractivity contribution in [2.45, 2.75) is 60.6 Å². The fourth-order valence-corrected chi connectivity index (χ4v) is 10.4. The van der Waals surface area contributed by atoms with Gasteiger partial charge >= 0.3 is 0 Å². The highest BCUT2D eigenvalue weighted by atomic mass is 32.2. The maximum absolute atomic E-state index is 10.8. The Bertz CT molecular complexity index is 1020. The third kappa shape index (κ3) is 5.41. The Kier molecular flexibility index (Phi) is 8.18. The van der Waals surface area contributed by atoms with Crippen molar-refractivity contribution < 1.29 is 24.5 Å². The molecule has 1 fully saturated rings. The van der Waals surface area contributed by atoms with Gasteiger partial charge < -0.3 is 24.5 Å². The van der Waals surface area contributed by atoms with Gasteiger partial charge in [0.1, 0.15) is 29.9 Å². The number of hydrogen-bond acceptors (Lipinski definition) is 6. The molecule has 0 saturated carbocycles. The van der Waals surface area contributed by atoms with E-state index in [4.69, 9.17) is 9.16 Å². The summed E-state index contributed by atoms with van der Waals surface area (Å²) in [5, 5.41) is 34.1. The van der Waals surface area contributed by atoms with Gasteiger partial charge in [0.05, 0.1) is 6.61 Å². The lowest BCUT2D eigenvalue weighted by atomic mass is 10.0. The van der Waals surface area contributed by atoms with E-state index in [-0.39, 0.29) is 11.6 Å². The first-order chi connectivity index (χ1) is 16.7. The lowest BCUT2D eigenvalue weighted by Crippen LogP contribution is -2.68. The van der Waals surface area contributed by atoms with Crippen molar-refractivity contribution in [3.05, 3.63) is 91.0 Å². The largest absolute Gasteiger partial charge is 0.405 e. The second kappa shape index (κ2) is 11.0. The monoisotopic (exact) mass is 510 g/mol. The molecular weight excluding hydrogens is 476 g/mol. The third-order valence-electron chi connectivity index (χ3n) is 6.54. The normalized spacial score (nSPS) is 25.4. The predicted molar refractivity (Wildman–Crippen MR) is 143 cm³/mol. The predicted octanol–water partition coefficient (Wildman–Crippen LogP) is 3.16. The summed E-state index contributed by atoms with van der Waals surface area (Å²) in [6.07, 6.45) is -4.62. The van der Waals surface area contributed by atoms with Gasteiger partial charge in [0.2, 0.25) is 0 Å². The Labute approximate surface area is 212 Å². The minimum absolute atomic E-state index is 0.0874. The number of benzene rings is 3. The Morgan fingerprint density at radius 1 is 0.743 bits per heavy atom. The van der Waals surface area contributed by atoms with Gasteiger partial charge in [0, 0.05) is 4.90 Å². The molecule has 7 heteroatoms. The number of aliphatic hydroxyl groups excluding tert-OH is 3. The second-order valence-electron chi connectivity index (χ2n) is 9.92. The van der Waals surface area contributed by atoms with E-state index in [2.05, 4.69) is 45.0 Å². The van der Waals surface area contributed by atoms with Gasteiger partial charge in [0.25, 0.3) is 8.32 Å². The molecule has 0 spiro atoms. The minimum Gasteiger partial charge on any atom is -0.405 e. The molecule has 3 N–H and O–H groups in total. The molecule has 4 rings (SSSR count). The average molecular weight is 511 g/mol. The molecule has 0 aliphatic carbocycles. The third-order valence-corrected chi connectivity index (χ3v) is 12.7. The molecule has 35 heavy (non-hydrogen) atoms. The van der Waals surface area contributed by atoms with Crippen molar-refractivity contribution in [2.24, 2.45) is 0 Å². The maximum Gasteiger partial charge on any atom is 0.261 e. The molecule has 5 atom stereocenters. The fraction of sp³-hybridized carbons (Fsp3) is 0.357. The van der Waals surface area contributed by atoms with Crippen molar-refractivity contribution >= 4 is 30.5 Å². The summed E-state index contributed by atoms with van der Waals surface area (Å²) in [5.74, 6) is 0. The van der Waals surface area contributed by atoms with E-state index < -0.39 is 38.2 Å². The van der Waals surface area contributed by atoms with E-state index in [1.165, 1.54) is 11.8 Å². The van der Waals surface area contributed by atoms with Crippen molar-refractivity contribution in [1.29, 1.82) is 0 Å². The van der Waals surface area contributed by atoms with E-state index in [0.29, 0.717) is 0 Å². The number of aliphatic hydroxyl groups is 3. The molecule has 3 aromatic carbocycles. The van der Waals surface area contributed by atoms with Gasteiger partial charge in [0.15, 0.2) is 0 Å². The standard InChI is InChI=1S/C28H34O5SSi/c1-28(2,3)35(21-15-9-5-10-16-21,22-17-11-6-12-18-22)32-19-23-24(29)25(30)26(31)27(33-23)34-20-13-7-4-8-14-20/h4-18,23-27,29-31H,19H2,1-3H3/t23-,24-,25+,26+,27-/m1/s1. The van der Waals surface area contributed by atoms with Crippen LogP contribution in [0.4, 0.5) is 0 Å². The van der Waals surface area contributed by atoms with E-state index in [1.54, 1.807) is 0 Å². The topological polar surface area (TPSA) is 79.2 Å². The van der Waals surface area contributed by atoms with Crippen LogP contribution < -0.4 is 10.4 Å². The van der Waals surface area contributed by atoms with Crippen LogP contribution in [0.2, 0.25) is 5.04 Å². The summed E-state index contributed by atoms with van der Waals surface area (Å²) >= 11 is 1.33. The first kappa shape index (κ1) is 26.1. The van der Waals surface area contributed by atoms with Crippen LogP contribution in [-0.2, 0) is 9.16 Å². The molecule has 186 valence electrons. The summed E-state index contributed by atoms with van der Waals surface area (Å²) in [7, 11) is -2.84. The molecule has 1 aliphatic rings. The molecule has 0 radical (unpaired) electrons. The molecular formula is C28H34O5SSi. The zero-order valence-corrected chi connectivity index (χ0v) is 22.1. The van der Waals surface area contributed by atoms with E-state index >= 15 is 0 Å². The smallest absolute Gasteiger partial charge is 0.261 e. The number of thioether (sulfide) groups is 1. The lowest BCUT2D eigenvalue weighted by Gasteiger charge is -2.45. The molecule has 3 aromatic rings. The van der Waals surface area contributed by atoms with E-state index in [9.17, 15) is 15.3 Å². The summed E-state index contributed by atoms with van der Waals surface area (Å²) < 4.78 is 13.1. The van der Waals surface area contributed by atoms with Crippen molar-refractivity contribution in [3.63, 3.8) is 0 Å². The van der Waals surface area contributed by atoms with Crippen LogP contribution in [0, 0.1) is 0 Å². The molecule has 0 amide bonds. The van der Waals surface area contributed by atoms with Crippen LogP contribution in [0.1, 0.15) is 20.8 Å². The highest BCUT2D eigenvalue weighted by molar-refractivity contribution is 7.99. The SMILES string of the molecule is CC(C)(C)[Si](OC[C@H]1O[C@H](Sc2ccccc2)[C@@H](O)[C@@H](O)[C@@H]1O)(c1ccccc1)c1ccccc1. The Hall–Kier alpha value is -1.97. The van der Waals surface area contributed by atoms with Crippen molar-refractivity contribution in [3.8, 4) is 0 Å². The Morgan fingerprint density at radius 2 is 1.23 bits per heavy atom. The van der Waals surface area contributed by atoms with Gasteiger partial charge in [-0.2, -0.15) is 0 Å². The first-order valence-corrected chi connectivity index (χ1v) is 14.7. The number of rotatable bonds is 7. The highest BCUT2D eigenvalue weighted by Gasteiger charge is 2.52. The quantitative estimate of drug-likeness (QED) is 0.424. The maximum atomic E-state index is 10.8. The fourth-order valence-electron chi connectivity index (χ4n) is 4.75. The molecule has 1 saturated heterocycles. The molecule has 1 aliphatic heterocycles. The summed E-state index contributed by atoms with van der Waals surface area (Å²) in [6, 6.07) is 30.1. The molecule has 0 bridgehead atoms. The molecule has 1 heterocycles. The van der Waals surface area contributed by atoms with Gasteiger partial charge in [-0.25, -0.2) is 0 Å². The van der Waals surface area contributed by atoms with Crippen molar-refractivity contribution in [1.82, 2.24) is 0 Å². The summed E-state index contributed by atoms with van der Waals surface area (Å²) in [5.41, 5.74) is -0.733. The number of ether oxygens (including phenoxy) is 1. The zero-order valence-electron chi connectivity index (χ0n) is 20.3. The molecule has 0 unspecified atom stereocenters. The summed E-state index contributed by atoms with van der Waals surface area (Å²) in [6.45, 7) is 6.64.